The maximum atomic E-state index is 12.2. The van der Waals surface area contributed by atoms with Crippen LogP contribution in [-0.4, -0.2) is 59.3 Å². The molecule has 2 aliphatic heterocycles. The summed E-state index contributed by atoms with van der Waals surface area (Å²) < 4.78 is 22.0. The number of hydrogen-bond donors (Lipinski definition) is 2. The Hall–Kier alpha value is -1.22. The summed E-state index contributed by atoms with van der Waals surface area (Å²) in [5.74, 6) is -1.63. The van der Waals surface area contributed by atoms with Crippen LogP contribution < -0.4 is 0 Å². The Balaban J connectivity index is 1.75. The van der Waals surface area contributed by atoms with Gasteiger partial charge in [-0.05, 0) is 32.0 Å². The first kappa shape index (κ1) is 17.6. The number of fused-ring (bicyclic) bond motifs is 1. The van der Waals surface area contributed by atoms with Crippen LogP contribution in [0, 0.1) is 0 Å². The molecular weight excluding hydrogens is 340 g/mol. The van der Waals surface area contributed by atoms with Crippen molar-refractivity contribution in [2.24, 2.45) is 0 Å². The highest BCUT2D eigenvalue weighted by Gasteiger charge is 2.55. The molecule has 0 bridgehead atoms. The fourth-order valence-corrected chi connectivity index (χ4v) is 3.08. The van der Waals surface area contributed by atoms with Crippen molar-refractivity contribution in [3.05, 3.63) is 34.9 Å². The van der Waals surface area contributed by atoms with Crippen molar-refractivity contribution < 1.29 is 34.0 Å². The molecule has 2 aliphatic rings. The molecule has 0 saturated carbocycles. The van der Waals surface area contributed by atoms with Crippen molar-refractivity contribution in [1.29, 1.82) is 0 Å². The molecule has 1 aromatic carbocycles. The summed E-state index contributed by atoms with van der Waals surface area (Å²) in [7, 11) is 0. The third kappa shape index (κ3) is 3.42. The molecule has 3 rings (SSSR count). The van der Waals surface area contributed by atoms with E-state index in [2.05, 4.69) is 0 Å². The van der Waals surface area contributed by atoms with Crippen LogP contribution in [0.2, 0.25) is 5.02 Å². The Morgan fingerprint density at radius 3 is 2.71 bits per heavy atom. The van der Waals surface area contributed by atoms with Crippen molar-refractivity contribution in [2.75, 3.05) is 6.61 Å². The molecule has 0 aromatic heterocycles. The lowest BCUT2D eigenvalue weighted by atomic mass is 9.99. The Kier molecular flexibility index (Phi) is 4.83. The maximum absolute atomic E-state index is 12.2. The summed E-state index contributed by atoms with van der Waals surface area (Å²) in [5.41, 5.74) is 0.227. The number of halogens is 1. The number of aliphatic hydroxyl groups excluding tert-OH is 2. The van der Waals surface area contributed by atoms with Crippen LogP contribution in [0.1, 0.15) is 24.2 Å². The SMILES string of the molecule is CC1(C)O[C@@H]2[C@H](O1)[C@@H](O)C(OC(=O)c1cccc(Cl)c1)O[C@@H]2CO. The van der Waals surface area contributed by atoms with Gasteiger partial charge in [0.15, 0.2) is 5.79 Å². The average molecular weight is 359 g/mol. The van der Waals surface area contributed by atoms with Crippen molar-refractivity contribution in [2.45, 2.75) is 50.3 Å². The van der Waals surface area contributed by atoms with Gasteiger partial charge in [-0.15, -0.1) is 0 Å². The van der Waals surface area contributed by atoms with Gasteiger partial charge in [0.05, 0.1) is 12.2 Å². The van der Waals surface area contributed by atoms with E-state index in [-0.39, 0.29) is 12.2 Å². The summed E-state index contributed by atoms with van der Waals surface area (Å²) in [6.45, 7) is 3.03. The highest BCUT2D eigenvalue weighted by Crippen LogP contribution is 2.37. The predicted molar refractivity (Wildman–Crippen MR) is 82.4 cm³/mol. The van der Waals surface area contributed by atoms with Gasteiger partial charge < -0.3 is 29.2 Å². The zero-order chi connectivity index (χ0) is 17.5. The summed E-state index contributed by atoms with van der Waals surface area (Å²) in [5, 5.41) is 20.3. The van der Waals surface area contributed by atoms with Crippen LogP contribution >= 0.6 is 11.6 Å². The molecule has 0 spiro atoms. The normalized spacial score (nSPS) is 34.6. The summed E-state index contributed by atoms with van der Waals surface area (Å²) in [4.78, 5) is 12.2. The smallest absolute Gasteiger partial charge is 0.340 e. The van der Waals surface area contributed by atoms with Crippen LogP contribution in [0.5, 0.6) is 0 Å². The van der Waals surface area contributed by atoms with E-state index in [0.717, 1.165) is 0 Å². The molecule has 0 radical (unpaired) electrons. The number of hydrogen-bond acceptors (Lipinski definition) is 7. The van der Waals surface area contributed by atoms with E-state index in [4.69, 9.17) is 30.5 Å². The van der Waals surface area contributed by atoms with E-state index in [0.29, 0.717) is 5.02 Å². The number of carbonyl (C=O) groups is 1. The molecule has 7 nitrogen and oxygen atoms in total. The predicted octanol–water partition coefficient (Wildman–Crippen LogP) is 1.09. The topological polar surface area (TPSA) is 94.5 Å². The summed E-state index contributed by atoms with van der Waals surface area (Å²) >= 11 is 5.85. The largest absolute Gasteiger partial charge is 0.429 e. The van der Waals surface area contributed by atoms with E-state index in [1.54, 1.807) is 26.0 Å². The quantitative estimate of drug-likeness (QED) is 0.781. The molecule has 1 aromatic rings. The first-order valence-corrected chi connectivity index (χ1v) is 7.95. The zero-order valence-electron chi connectivity index (χ0n) is 13.2. The van der Waals surface area contributed by atoms with Gasteiger partial charge in [0, 0.05) is 5.02 Å². The lowest BCUT2D eigenvalue weighted by molar-refractivity contribution is -0.263. The number of rotatable bonds is 3. The second-order valence-corrected chi connectivity index (χ2v) is 6.63. The van der Waals surface area contributed by atoms with Crippen molar-refractivity contribution in [1.82, 2.24) is 0 Å². The van der Waals surface area contributed by atoms with Crippen LogP contribution in [0.4, 0.5) is 0 Å². The van der Waals surface area contributed by atoms with Gasteiger partial charge >= 0.3 is 5.97 Å². The molecule has 5 atom stereocenters. The Morgan fingerprint density at radius 1 is 1.33 bits per heavy atom. The van der Waals surface area contributed by atoms with E-state index in [9.17, 15) is 15.0 Å². The van der Waals surface area contributed by atoms with Crippen LogP contribution in [0.25, 0.3) is 0 Å². The molecule has 24 heavy (non-hydrogen) atoms. The number of carbonyl (C=O) groups excluding carboxylic acids is 1. The lowest BCUT2D eigenvalue weighted by Crippen LogP contribution is -2.58. The number of ether oxygens (including phenoxy) is 4. The minimum absolute atomic E-state index is 0.227. The highest BCUT2D eigenvalue weighted by atomic mass is 35.5. The minimum Gasteiger partial charge on any atom is -0.429 e. The minimum atomic E-state index is -1.28. The van der Waals surface area contributed by atoms with Crippen LogP contribution in [-0.2, 0) is 18.9 Å². The van der Waals surface area contributed by atoms with Gasteiger partial charge in [-0.1, -0.05) is 17.7 Å². The Labute approximate surface area is 144 Å². The van der Waals surface area contributed by atoms with Gasteiger partial charge in [-0.2, -0.15) is 0 Å². The molecule has 0 aliphatic carbocycles. The van der Waals surface area contributed by atoms with Crippen LogP contribution in [0.15, 0.2) is 24.3 Å². The fourth-order valence-electron chi connectivity index (χ4n) is 2.89. The van der Waals surface area contributed by atoms with Gasteiger partial charge in [0.2, 0.25) is 6.29 Å². The zero-order valence-corrected chi connectivity index (χ0v) is 14.0. The number of esters is 1. The highest BCUT2D eigenvalue weighted by molar-refractivity contribution is 6.30. The Bertz CT molecular complexity index is 620. The molecule has 2 saturated heterocycles. The molecule has 132 valence electrons. The first-order valence-electron chi connectivity index (χ1n) is 7.57. The standard InChI is InChI=1S/C16H19ClO7/c1-16(2)23-12-10(7-18)21-15(11(19)13(12)24-16)22-14(20)8-4-3-5-9(17)6-8/h3-6,10-13,15,18-19H,7H2,1-2H3/t10-,11-,12+,13-,15?/m1/s1. The summed E-state index contributed by atoms with van der Waals surface area (Å²) in [6, 6.07) is 6.22. The maximum Gasteiger partial charge on any atom is 0.340 e. The molecule has 2 heterocycles. The number of aliphatic hydroxyl groups is 2. The summed E-state index contributed by atoms with van der Waals surface area (Å²) in [6.07, 6.45) is -4.74. The van der Waals surface area contributed by atoms with Gasteiger partial charge in [-0.25, -0.2) is 4.79 Å². The van der Waals surface area contributed by atoms with Gasteiger partial charge in [0.1, 0.15) is 24.4 Å². The van der Waals surface area contributed by atoms with Gasteiger partial charge in [-0.3, -0.25) is 0 Å². The molecule has 2 fully saturated rings. The van der Waals surface area contributed by atoms with E-state index in [1.807, 2.05) is 0 Å². The van der Waals surface area contributed by atoms with Gasteiger partial charge in [0.25, 0.3) is 0 Å². The monoisotopic (exact) mass is 358 g/mol. The molecular formula is C16H19ClO7. The molecule has 2 N–H and O–H groups in total. The lowest BCUT2D eigenvalue weighted by Gasteiger charge is -2.38. The van der Waals surface area contributed by atoms with Crippen molar-refractivity contribution in [3.63, 3.8) is 0 Å². The second-order valence-electron chi connectivity index (χ2n) is 6.20. The van der Waals surface area contributed by atoms with E-state index >= 15 is 0 Å². The number of benzene rings is 1. The third-order valence-electron chi connectivity index (χ3n) is 3.92. The second kappa shape index (κ2) is 6.59. The molecule has 1 unspecified atom stereocenters. The van der Waals surface area contributed by atoms with Crippen molar-refractivity contribution >= 4 is 17.6 Å². The average Bonchev–Trinajstić information content (AvgIpc) is 2.86. The fraction of sp³-hybridized carbons (Fsp3) is 0.562. The Morgan fingerprint density at radius 2 is 2.04 bits per heavy atom. The van der Waals surface area contributed by atoms with Crippen molar-refractivity contribution in [3.8, 4) is 0 Å². The van der Waals surface area contributed by atoms with E-state index < -0.39 is 42.5 Å². The molecule has 0 amide bonds. The first-order chi connectivity index (χ1) is 11.3. The van der Waals surface area contributed by atoms with Crippen LogP contribution in [0.3, 0.4) is 0 Å². The third-order valence-corrected chi connectivity index (χ3v) is 4.15. The van der Waals surface area contributed by atoms with E-state index in [1.165, 1.54) is 12.1 Å². The molecule has 8 heteroatoms.